The molecule has 0 radical (unpaired) electrons. The van der Waals surface area contributed by atoms with E-state index in [1.807, 2.05) is 7.05 Å². The lowest BCUT2D eigenvalue weighted by molar-refractivity contribution is 0.231. The van der Waals surface area contributed by atoms with Gasteiger partial charge in [-0.1, -0.05) is 19.8 Å². The van der Waals surface area contributed by atoms with E-state index >= 15 is 0 Å². The van der Waals surface area contributed by atoms with E-state index in [1.54, 1.807) is 5.12 Å². The highest BCUT2D eigenvalue weighted by atomic mass is 15.9. The number of hydrazine groups is 2. The predicted molar refractivity (Wildman–Crippen MR) is 45.6 cm³/mol. The van der Waals surface area contributed by atoms with E-state index < -0.39 is 0 Å². The average molecular weight is 156 g/mol. The predicted octanol–water partition coefficient (Wildman–Crippen LogP) is 0.835. The first-order valence-corrected chi connectivity index (χ1v) is 4.15. The topological polar surface area (TPSA) is 39.7 Å². The highest BCUT2D eigenvalue weighted by molar-refractivity contribution is 5.82. The van der Waals surface area contributed by atoms with Gasteiger partial charge in [-0.25, -0.2) is 5.53 Å². The molecule has 1 rings (SSSR count). The van der Waals surface area contributed by atoms with Crippen LogP contribution in [0.25, 0.3) is 0 Å². The van der Waals surface area contributed by atoms with Crippen LogP contribution in [0.4, 0.5) is 0 Å². The van der Waals surface area contributed by atoms with Crippen LogP contribution in [0.15, 0.2) is 5.10 Å². The lowest BCUT2D eigenvalue weighted by Gasteiger charge is -2.07. The van der Waals surface area contributed by atoms with Crippen molar-refractivity contribution in [2.24, 2.45) is 5.10 Å². The van der Waals surface area contributed by atoms with Crippen molar-refractivity contribution in [3.63, 3.8) is 0 Å². The molecule has 0 aromatic carbocycles. The van der Waals surface area contributed by atoms with E-state index in [0.717, 1.165) is 12.3 Å². The lowest BCUT2D eigenvalue weighted by atomic mass is 10.2. The molecule has 1 heterocycles. The molecule has 0 atom stereocenters. The van der Waals surface area contributed by atoms with E-state index in [9.17, 15) is 0 Å². The number of nitrogens with zero attached hydrogens (tertiary/aromatic N) is 2. The van der Waals surface area contributed by atoms with E-state index in [2.05, 4.69) is 23.0 Å². The summed E-state index contributed by atoms with van der Waals surface area (Å²) in [6, 6.07) is 0. The molecule has 0 aromatic rings. The zero-order valence-electron chi connectivity index (χ0n) is 7.22. The lowest BCUT2D eigenvalue weighted by Crippen LogP contribution is -2.37. The first kappa shape index (κ1) is 8.33. The van der Waals surface area contributed by atoms with Crippen LogP contribution in [-0.4, -0.2) is 18.0 Å². The van der Waals surface area contributed by atoms with Crippen LogP contribution in [0.2, 0.25) is 0 Å². The van der Waals surface area contributed by atoms with E-state index in [0.29, 0.717) is 0 Å². The van der Waals surface area contributed by atoms with Crippen molar-refractivity contribution in [1.82, 2.24) is 16.1 Å². The molecule has 64 valence electrons. The van der Waals surface area contributed by atoms with Gasteiger partial charge in [0.15, 0.2) is 0 Å². The second-order valence-electron chi connectivity index (χ2n) is 2.79. The van der Waals surface area contributed by atoms with Gasteiger partial charge in [-0.3, -0.25) is 5.43 Å². The van der Waals surface area contributed by atoms with Gasteiger partial charge in [0.1, 0.15) is 5.84 Å². The molecule has 1 aliphatic heterocycles. The Kier molecular flexibility index (Phi) is 3.16. The van der Waals surface area contributed by atoms with Gasteiger partial charge in [0, 0.05) is 13.5 Å². The van der Waals surface area contributed by atoms with Gasteiger partial charge in [0.25, 0.3) is 0 Å². The summed E-state index contributed by atoms with van der Waals surface area (Å²) in [5, 5.41) is 5.82. The summed E-state index contributed by atoms with van der Waals surface area (Å²) >= 11 is 0. The molecule has 0 bridgehead atoms. The van der Waals surface area contributed by atoms with Crippen LogP contribution in [0.3, 0.4) is 0 Å². The molecule has 0 saturated carbocycles. The highest BCUT2D eigenvalue weighted by Crippen LogP contribution is 2.00. The normalized spacial score (nSPS) is 17.5. The Balaban J connectivity index is 2.08. The molecule has 0 aliphatic carbocycles. The smallest absolute Gasteiger partial charge is 0.139 e. The number of hydrogen-bond acceptors (Lipinski definition) is 4. The summed E-state index contributed by atoms with van der Waals surface area (Å²) in [5.74, 6) is 1.04. The fourth-order valence-corrected chi connectivity index (χ4v) is 1.03. The highest BCUT2D eigenvalue weighted by Gasteiger charge is 2.07. The number of rotatable bonds is 4. The second-order valence-corrected chi connectivity index (χ2v) is 2.79. The Morgan fingerprint density at radius 1 is 1.45 bits per heavy atom. The summed E-state index contributed by atoms with van der Waals surface area (Å²) in [6.45, 7) is 2.20. The number of hydrazone groups is 1. The summed E-state index contributed by atoms with van der Waals surface area (Å²) in [7, 11) is 1.90. The first-order chi connectivity index (χ1) is 5.33. The van der Waals surface area contributed by atoms with Crippen LogP contribution < -0.4 is 11.0 Å². The summed E-state index contributed by atoms with van der Waals surface area (Å²) in [6.07, 6.45) is 4.81. The van der Waals surface area contributed by atoms with Gasteiger partial charge in [-0.05, 0) is 6.42 Å². The molecule has 11 heavy (non-hydrogen) atoms. The molecule has 0 unspecified atom stereocenters. The maximum Gasteiger partial charge on any atom is 0.139 e. The third kappa shape index (κ3) is 2.76. The Labute approximate surface area is 67.6 Å². The maximum absolute atomic E-state index is 4.07. The van der Waals surface area contributed by atoms with Crippen molar-refractivity contribution >= 4 is 5.84 Å². The number of hydrogen-bond donors (Lipinski definition) is 2. The minimum atomic E-state index is 1.04. The van der Waals surface area contributed by atoms with Crippen LogP contribution in [-0.2, 0) is 0 Å². The third-order valence-electron chi connectivity index (χ3n) is 1.65. The Bertz CT molecular complexity index is 143. The zero-order valence-corrected chi connectivity index (χ0v) is 7.22. The maximum atomic E-state index is 4.07. The van der Waals surface area contributed by atoms with Crippen LogP contribution in [0, 0.1) is 0 Å². The molecule has 2 N–H and O–H groups in total. The van der Waals surface area contributed by atoms with E-state index in [-0.39, 0.29) is 0 Å². The van der Waals surface area contributed by atoms with Crippen molar-refractivity contribution in [1.29, 1.82) is 0 Å². The van der Waals surface area contributed by atoms with Crippen molar-refractivity contribution in [3.8, 4) is 0 Å². The molecule has 0 saturated heterocycles. The molecule has 0 aromatic heterocycles. The second kappa shape index (κ2) is 4.18. The van der Waals surface area contributed by atoms with Gasteiger partial charge in [-0.2, -0.15) is 0 Å². The van der Waals surface area contributed by atoms with Crippen molar-refractivity contribution < 1.29 is 0 Å². The Hall–Kier alpha value is -0.770. The fraction of sp³-hybridized carbons (Fsp3) is 0.857. The fourth-order valence-electron chi connectivity index (χ4n) is 1.03. The van der Waals surface area contributed by atoms with Gasteiger partial charge in [0.2, 0.25) is 0 Å². The van der Waals surface area contributed by atoms with E-state index in [4.69, 9.17) is 0 Å². The third-order valence-corrected chi connectivity index (χ3v) is 1.65. The minimum Gasteiger partial charge on any atom is -0.286 e. The summed E-state index contributed by atoms with van der Waals surface area (Å²) in [5.41, 5.74) is 5.89. The number of amidine groups is 1. The molecule has 1 aliphatic rings. The standard InChI is InChI=1S/C7H16N4/c1-3-4-5-6-7-8-10-11(2)9-7/h10H,3-6H2,1-2H3,(H,8,9). The Morgan fingerprint density at radius 2 is 2.27 bits per heavy atom. The first-order valence-electron chi connectivity index (χ1n) is 4.15. The molecule has 0 amide bonds. The summed E-state index contributed by atoms with van der Waals surface area (Å²) < 4.78 is 0. The van der Waals surface area contributed by atoms with Gasteiger partial charge >= 0.3 is 0 Å². The van der Waals surface area contributed by atoms with Crippen LogP contribution in [0.5, 0.6) is 0 Å². The van der Waals surface area contributed by atoms with Crippen LogP contribution >= 0.6 is 0 Å². The Morgan fingerprint density at radius 3 is 2.82 bits per heavy atom. The number of nitrogens with one attached hydrogen (secondary N) is 2. The number of unbranched alkanes of at least 4 members (excludes halogenated alkanes) is 2. The molecular weight excluding hydrogens is 140 g/mol. The monoisotopic (exact) mass is 156 g/mol. The van der Waals surface area contributed by atoms with Crippen molar-refractivity contribution in [2.75, 3.05) is 7.05 Å². The van der Waals surface area contributed by atoms with Crippen molar-refractivity contribution in [2.45, 2.75) is 32.6 Å². The van der Waals surface area contributed by atoms with E-state index in [1.165, 1.54) is 19.3 Å². The van der Waals surface area contributed by atoms with Crippen LogP contribution in [0.1, 0.15) is 32.6 Å². The molecule has 0 spiro atoms. The molecule has 0 fully saturated rings. The molecular formula is C7H16N4. The zero-order chi connectivity index (χ0) is 8.10. The molecule has 4 heteroatoms. The summed E-state index contributed by atoms with van der Waals surface area (Å²) in [4.78, 5) is 0. The van der Waals surface area contributed by atoms with Gasteiger partial charge < -0.3 is 0 Å². The molecule has 4 nitrogen and oxygen atoms in total. The largest absolute Gasteiger partial charge is 0.286 e. The SMILES string of the molecule is CCCCCC1=NNN(C)N1. The van der Waals surface area contributed by atoms with Gasteiger partial charge in [0.05, 0.1) is 0 Å². The average Bonchev–Trinajstić information content (AvgIpc) is 2.37. The quantitative estimate of drug-likeness (QED) is 0.592. The van der Waals surface area contributed by atoms with Crippen molar-refractivity contribution in [3.05, 3.63) is 0 Å². The minimum absolute atomic E-state index is 1.04. The van der Waals surface area contributed by atoms with Gasteiger partial charge in [-0.15, -0.1) is 10.2 Å².